The lowest BCUT2D eigenvalue weighted by atomic mass is 9.84. The lowest BCUT2D eigenvalue weighted by Gasteiger charge is -2.51. The van der Waals surface area contributed by atoms with Crippen LogP contribution in [-0.4, -0.2) is 25.0 Å². The predicted molar refractivity (Wildman–Crippen MR) is 74.1 cm³/mol. The van der Waals surface area contributed by atoms with Gasteiger partial charge in [-0.25, -0.2) is 0 Å². The second-order valence-corrected chi connectivity index (χ2v) is 5.89. The molecular formula is C15H18N4-2. The SMILES string of the molecule is [CH2-]N1Cc2c(c3nccnc3n2[CH2-])CC12CCCC2. The van der Waals surface area contributed by atoms with Gasteiger partial charge in [0, 0.05) is 17.9 Å². The molecule has 4 nitrogen and oxygen atoms in total. The average Bonchev–Trinajstić information content (AvgIpc) is 2.99. The van der Waals surface area contributed by atoms with Crippen LogP contribution in [0.1, 0.15) is 36.9 Å². The highest BCUT2D eigenvalue weighted by molar-refractivity contribution is 5.78. The molecule has 0 N–H and O–H groups in total. The molecule has 3 heterocycles. The van der Waals surface area contributed by atoms with Gasteiger partial charge < -0.3 is 9.47 Å². The maximum absolute atomic E-state index is 4.53. The topological polar surface area (TPSA) is 34.0 Å². The molecule has 2 aliphatic rings. The number of nitrogens with zero attached hydrogens (tertiary/aromatic N) is 4. The Bertz CT molecular complexity index is 637. The van der Waals surface area contributed by atoms with Gasteiger partial charge in [-0.3, -0.25) is 17.0 Å². The van der Waals surface area contributed by atoms with Crippen molar-refractivity contribution in [3.8, 4) is 0 Å². The zero-order chi connectivity index (χ0) is 13.0. The van der Waals surface area contributed by atoms with Gasteiger partial charge in [-0.1, -0.05) is 24.1 Å². The van der Waals surface area contributed by atoms with Crippen LogP contribution in [0.5, 0.6) is 0 Å². The molecule has 4 rings (SSSR count). The van der Waals surface area contributed by atoms with Crippen LogP contribution < -0.4 is 0 Å². The molecular weight excluding hydrogens is 236 g/mol. The van der Waals surface area contributed by atoms with Gasteiger partial charge in [-0.05, 0) is 31.3 Å². The Kier molecular flexibility index (Phi) is 2.22. The van der Waals surface area contributed by atoms with Crippen LogP contribution in [0, 0.1) is 14.1 Å². The summed E-state index contributed by atoms with van der Waals surface area (Å²) in [5, 5.41) is 0. The van der Waals surface area contributed by atoms with Crippen LogP contribution in [-0.2, 0) is 13.0 Å². The smallest absolute Gasteiger partial charge is 0.0510 e. The Hall–Kier alpha value is -1.55. The fraction of sp³-hybridized carbons (Fsp3) is 0.467. The van der Waals surface area contributed by atoms with Gasteiger partial charge in [-0.15, -0.1) is 7.05 Å². The first-order valence-electron chi connectivity index (χ1n) is 6.93. The van der Waals surface area contributed by atoms with Crippen molar-refractivity contribution in [2.24, 2.45) is 0 Å². The van der Waals surface area contributed by atoms with E-state index in [0.717, 1.165) is 24.1 Å². The van der Waals surface area contributed by atoms with E-state index in [9.17, 15) is 0 Å². The average molecular weight is 254 g/mol. The molecule has 1 saturated carbocycles. The third-order valence-electron chi connectivity index (χ3n) is 4.95. The van der Waals surface area contributed by atoms with E-state index in [4.69, 9.17) is 0 Å². The molecule has 2 aromatic rings. The van der Waals surface area contributed by atoms with Gasteiger partial charge in [0.25, 0.3) is 0 Å². The fourth-order valence-electron chi connectivity index (χ4n) is 3.85. The van der Waals surface area contributed by atoms with Crippen molar-refractivity contribution < 1.29 is 0 Å². The molecule has 0 amide bonds. The molecule has 100 valence electrons. The van der Waals surface area contributed by atoms with Crippen molar-refractivity contribution in [1.29, 1.82) is 0 Å². The van der Waals surface area contributed by atoms with Crippen molar-refractivity contribution >= 4 is 11.2 Å². The van der Waals surface area contributed by atoms with E-state index in [1.54, 1.807) is 12.4 Å². The van der Waals surface area contributed by atoms with Crippen LogP contribution in [0.2, 0.25) is 0 Å². The van der Waals surface area contributed by atoms with E-state index in [1.807, 2.05) is 4.57 Å². The first kappa shape index (κ1) is 11.3. The van der Waals surface area contributed by atoms with Gasteiger partial charge in [0.2, 0.25) is 0 Å². The second kappa shape index (κ2) is 3.73. The molecule has 1 aliphatic heterocycles. The van der Waals surface area contributed by atoms with Crippen LogP contribution in [0.25, 0.3) is 11.2 Å². The zero-order valence-corrected chi connectivity index (χ0v) is 11.1. The van der Waals surface area contributed by atoms with E-state index >= 15 is 0 Å². The van der Waals surface area contributed by atoms with Crippen molar-refractivity contribution in [3.63, 3.8) is 0 Å². The summed E-state index contributed by atoms with van der Waals surface area (Å²) in [4.78, 5) is 11.2. The first-order valence-corrected chi connectivity index (χ1v) is 6.93. The van der Waals surface area contributed by atoms with Crippen molar-refractivity contribution in [1.82, 2.24) is 19.4 Å². The summed E-state index contributed by atoms with van der Waals surface area (Å²) in [6, 6.07) is 0. The largest absolute Gasteiger partial charge is 0.467 e. The van der Waals surface area contributed by atoms with E-state index in [1.165, 1.54) is 36.9 Å². The number of rotatable bonds is 0. The third kappa shape index (κ3) is 1.40. The van der Waals surface area contributed by atoms with E-state index in [2.05, 4.69) is 29.0 Å². The molecule has 1 fully saturated rings. The molecule has 0 radical (unpaired) electrons. The standard InChI is InChI=1S/C15H18N4/c1-18-10-12-11(9-15(18)5-3-4-6-15)13-14(19(12)2)17-8-7-16-13/h7-8H,1-6,9-10H2/q-2. The molecule has 0 aromatic carbocycles. The number of aromatic nitrogens is 3. The Morgan fingerprint density at radius 2 is 1.84 bits per heavy atom. The lowest BCUT2D eigenvalue weighted by Crippen LogP contribution is -2.47. The number of hydrogen-bond acceptors (Lipinski definition) is 3. The second-order valence-electron chi connectivity index (χ2n) is 5.89. The minimum atomic E-state index is 0.249. The Labute approximate surface area is 113 Å². The van der Waals surface area contributed by atoms with Crippen LogP contribution >= 0.6 is 0 Å². The maximum Gasteiger partial charge on any atom is 0.0510 e. The zero-order valence-electron chi connectivity index (χ0n) is 11.1. The maximum atomic E-state index is 4.53. The van der Waals surface area contributed by atoms with Crippen molar-refractivity contribution in [2.45, 2.75) is 44.2 Å². The monoisotopic (exact) mass is 254 g/mol. The minimum Gasteiger partial charge on any atom is -0.467 e. The highest BCUT2D eigenvalue weighted by atomic mass is 15.2. The van der Waals surface area contributed by atoms with Gasteiger partial charge in [0.15, 0.2) is 0 Å². The first-order chi connectivity index (χ1) is 9.21. The molecule has 0 unspecified atom stereocenters. The molecule has 4 heteroatoms. The van der Waals surface area contributed by atoms with E-state index < -0.39 is 0 Å². The Balaban J connectivity index is 1.92. The highest BCUT2D eigenvalue weighted by Gasteiger charge is 2.37. The lowest BCUT2D eigenvalue weighted by molar-refractivity contribution is 0.121. The van der Waals surface area contributed by atoms with Crippen molar-refractivity contribution in [3.05, 3.63) is 37.7 Å². The fourth-order valence-corrected chi connectivity index (χ4v) is 3.85. The van der Waals surface area contributed by atoms with Gasteiger partial charge in [-0.2, -0.15) is 0 Å². The summed E-state index contributed by atoms with van der Waals surface area (Å²) in [6.45, 7) is 0.858. The highest BCUT2D eigenvalue weighted by Crippen LogP contribution is 2.44. The van der Waals surface area contributed by atoms with Gasteiger partial charge in [0.05, 0.1) is 5.65 Å². The molecule has 19 heavy (non-hydrogen) atoms. The normalized spacial score (nSPS) is 22.2. The third-order valence-corrected chi connectivity index (χ3v) is 4.95. The van der Waals surface area contributed by atoms with Gasteiger partial charge >= 0.3 is 0 Å². The molecule has 1 spiro atoms. The molecule has 2 aromatic heterocycles. The van der Waals surface area contributed by atoms with Crippen LogP contribution in [0.4, 0.5) is 0 Å². The Morgan fingerprint density at radius 1 is 1.11 bits per heavy atom. The molecule has 0 atom stereocenters. The predicted octanol–water partition coefficient (Wildman–Crippen LogP) is 2.53. The number of hydrogen-bond donors (Lipinski definition) is 0. The summed E-state index contributed by atoms with van der Waals surface area (Å²) in [7, 11) is 8.43. The quantitative estimate of drug-likeness (QED) is 0.677. The van der Waals surface area contributed by atoms with E-state index in [0.29, 0.717) is 0 Å². The van der Waals surface area contributed by atoms with Gasteiger partial charge in [0.1, 0.15) is 0 Å². The summed E-state index contributed by atoms with van der Waals surface area (Å²) in [6.07, 6.45) is 9.69. The van der Waals surface area contributed by atoms with Crippen molar-refractivity contribution in [2.75, 3.05) is 0 Å². The molecule has 0 saturated heterocycles. The van der Waals surface area contributed by atoms with Crippen LogP contribution in [0.15, 0.2) is 12.4 Å². The summed E-state index contributed by atoms with van der Waals surface area (Å²) >= 11 is 0. The van der Waals surface area contributed by atoms with Crippen LogP contribution in [0.3, 0.4) is 0 Å². The number of fused-ring (bicyclic) bond motifs is 3. The van der Waals surface area contributed by atoms with E-state index in [-0.39, 0.29) is 5.54 Å². The summed E-state index contributed by atoms with van der Waals surface area (Å²) < 4.78 is 1.94. The minimum absolute atomic E-state index is 0.249. The summed E-state index contributed by atoms with van der Waals surface area (Å²) in [5.41, 5.74) is 4.76. The summed E-state index contributed by atoms with van der Waals surface area (Å²) in [5.74, 6) is 0. The Morgan fingerprint density at radius 3 is 2.63 bits per heavy atom. The molecule has 1 aliphatic carbocycles. The molecule has 0 bridgehead atoms.